The summed E-state index contributed by atoms with van der Waals surface area (Å²) in [5.41, 5.74) is 2.30. The van der Waals surface area contributed by atoms with Crippen molar-refractivity contribution in [3.63, 3.8) is 0 Å². The lowest BCUT2D eigenvalue weighted by Gasteiger charge is -2.15. The maximum Gasteiger partial charge on any atom is 0.257 e. The average molecular weight is 431 g/mol. The first-order valence-electron chi connectivity index (χ1n) is 11.2. The number of hydrogen-bond donors (Lipinski definition) is 1. The molecule has 166 valence electrons. The van der Waals surface area contributed by atoms with Gasteiger partial charge in [-0.1, -0.05) is 42.5 Å². The molecule has 4 aromatic rings. The largest absolute Gasteiger partial charge is 0.484 e. The molecule has 1 saturated heterocycles. The fraction of sp³-hybridized carbons (Fsp3) is 0.296. The predicted molar refractivity (Wildman–Crippen MR) is 129 cm³/mol. The number of nitrogens with one attached hydrogen (secondary N) is 1. The van der Waals surface area contributed by atoms with E-state index in [1.54, 1.807) is 19.4 Å². The number of furan rings is 1. The number of hydrogen-bond acceptors (Lipinski definition) is 4. The van der Waals surface area contributed by atoms with E-state index in [4.69, 9.17) is 9.15 Å². The van der Waals surface area contributed by atoms with Crippen molar-refractivity contribution >= 4 is 27.6 Å². The maximum absolute atomic E-state index is 10.9. The topological polar surface area (TPSA) is 54.7 Å². The SMILES string of the molecule is CNC(=O)COc1ccc2occc2c1.c1ccc2c(CCN3CCCC3)cccc2c1. The second-order valence-corrected chi connectivity index (χ2v) is 8.02. The molecule has 5 rings (SSSR count). The maximum atomic E-state index is 10.9. The van der Waals surface area contributed by atoms with Gasteiger partial charge in [-0.05, 0) is 73.0 Å². The second-order valence-electron chi connectivity index (χ2n) is 8.02. The van der Waals surface area contributed by atoms with Crippen molar-refractivity contribution in [2.45, 2.75) is 19.3 Å². The van der Waals surface area contributed by atoms with E-state index in [2.05, 4.69) is 52.7 Å². The molecule has 0 bridgehead atoms. The third kappa shape index (κ3) is 5.68. The minimum Gasteiger partial charge on any atom is -0.484 e. The number of rotatable bonds is 6. The first kappa shape index (κ1) is 21.9. The van der Waals surface area contributed by atoms with Crippen LogP contribution < -0.4 is 10.1 Å². The molecule has 1 amide bonds. The number of fused-ring (bicyclic) bond motifs is 2. The van der Waals surface area contributed by atoms with Crippen molar-refractivity contribution in [2.24, 2.45) is 0 Å². The van der Waals surface area contributed by atoms with Crippen LogP contribution in [0, 0.1) is 0 Å². The van der Waals surface area contributed by atoms with Gasteiger partial charge in [0, 0.05) is 19.0 Å². The van der Waals surface area contributed by atoms with E-state index in [1.807, 2.05) is 18.2 Å². The Morgan fingerprint density at radius 2 is 1.81 bits per heavy atom. The zero-order chi connectivity index (χ0) is 22.2. The Balaban J connectivity index is 0.000000155. The third-order valence-corrected chi connectivity index (χ3v) is 5.85. The average Bonchev–Trinajstić information content (AvgIpc) is 3.53. The number of carbonyl (C=O) groups is 1. The lowest BCUT2D eigenvalue weighted by molar-refractivity contribution is -0.122. The van der Waals surface area contributed by atoms with Gasteiger partial charge in [0.15, 0.2) is 6.61 Å². The summed E-state index contributed by atoms with van der Waals surface area (Å²) >= 11 is 0. The van der Waals surface area contributed by atoms with Crippen LogP contribution in [0.4, 0.5) is 0 Å². The Labute approximate surface area is 189 Å². The quantitative estimate of drug-likeness (QED) is 0.466. The molecular formula is C27H30N2O3. The number of likely N-dealkylation sites (N-methyl/N-ethyl adjacent to an activating group) is 1. The van der Waals surface area contributed by atoms with Gasteiger partial charge in [-0.2, -0.15) is 0 Å². The molecule has 32 heavy (non-hydrogen) atoms. The molecule has 0 atom stereocenters. The highest BCUT2D eigenvalue weighted by molar-refractivity contribution is 5.85. The van der Waals surface area contributed by atoms with Crippen LogP contribution in [0.15, 0.2) is 77.4 Å². The van der Waals surface area contributed by atoms with Crippen LogP contribution in [0.3, 0.4) is 0 Å². The zero-order valence-corrected chi connectivity index (χ0v) is 18.5. The smallest absolute Gasteiger partial charge is 0.257 e. The van der Waals surface area contributed by atoms with Crippen LogP contribution >= 0.6 is 0 Å². The van der Waals surface area contributed by atoms with E-state index in [0.29, 0.717) is 5.75 Å². The molecule has 2 heterocycles. The number of likely N-dealkylation sites (tertiary alicyclic amines) is 1. The molecule has 1 fully saturated rings. The Hall–Kier alpha value is -3.31. The highest BCUT2D eigenvalue weighted by atomic mass is 16.5. The standard InChI is InChI=1S/C16H19N.C11H11NO3/c1-2-9-16-14(6-1)7-5-8-15(16)10-13-17-11-3-4-12-17;1-12-11(13)7-15-9-2-3-10-8(6-9)4-5-14-10/h1-2,5-9H,3-4,10-13H2;2-6H,7H2,1H3,(H,12,13). The van der Waals surface area contributed by atoms with E-state index in [0.717, 1.165) is 11.0 Å². The summed E-state index contributed by atoms with van der Waals surface area (Å²) in [6.45, 7) is 3.84. The van der Waals surface area contributed by atoms with Gasteiger partial charge in [0.2, 0.25) is 0 Å². The first-order chi connectivity index (χ1) is 15.7. The molecule has 3 aromatic carbocycles. The summed E-state index contributed by atoms with van der Waals surface area (Å²) in [6.07, 6.45) is 5.57. The minimum atomic E-state index is -0.151. The fourth-order valence-electron chi connectivity index (χ4n) is 4.05. The van der Waals surface area contributed by atoms with Crippen LogP contribution in [0.25, 0.3) is 21.7 Å². The summed E-state index contributed by atoms with van der Waals surface area (Å²) in [6, 6.07) is 22.6. The third-order valence-electron chi connectivity index (χ3n) is 5.85. The molecule has 1 aromatic heterocycles. The highest BCUT2D eigenvalue weighted by Crippen LogP contribution is 2.21. The van der Waals surface area contributed by atoms with Gasteiger partial charge in [-0.3, -0.25) is 4.79 Å². The van der Waals surface area contributed by atoms with Crippen LogP contribution in [0.5, 0.6) is 5.75 Å². The summed E-state index contributed by atoms with van der Waals surface area (Å²) < 4.78 is 10.5. The van der Waals surface area contributed by atoms with Gasteiger partial charge in [0.25, 0.3) is 5.91 Å². The monoisotopic (exact) mass is 430 g/mol. The summed E-state index contributed by atoms with van der Waals surface area (Å²) in [7, 11) is 1.57. The lowest BCUT2D eigenvalue weighted by atomic mass is 10.0. The number of ether oxygens (including phenoxy) is 1. The molecule has 1 aliphatic heterocycles. The van der Waals surface area contributed by atoms with E-state index in [9.17, 15) is 4.79 Å². The van der Waals surface area contributed by atoms with Gasteiger partial charge < -0.3 is 19.4 Å². The van der Waals surface area contributed by atoms with Crippen molar-refractivity contribution in [2.75, 3.05) is 33.3 Å². The molecule has 1 N–H and O–H groups in total. The lowest BCUT2D eigenvalue weighted by Crippen LogP contribution is -2.24. The molecule has 0 aliphatic carbocycles. The zero-order valence-electron chi connectivity index (χ0n) is 18.5. The second kappa shape index (κ2) is 10.8. The number of amides is 1. The highest BCUT2D eigenvalue weighted by Gasteiger charge is 2.11. The summed E-state index contributed by atoms with van der Waals surface area (Å²) in [5, 5.41) is 6.24. The van der Waals surface area contributed by atoms with Crippen molar-refractivity contribution in [1.82, 2.24) is 10.2 Å². The summed E-state index contributed by atoms with van der Waals surface area (Å²) in [5.74, 6) is 0.509. The van der Waals surface area contributed by atoms with Crippen LogP contribution in [-0.4, -0.2) is 44.1 Å². The Morgan fingerprint density at radius 1 is 1.00 bits per heavy atom. The molecule has 0 unspecified atom stereocenters. The van der Waals surface area contributed by atoms with Gasteiger partial charge in [0.1, 0.15) is 11.3 Å². The van der Waals surface area contributed by atoms with E-state index >= 15 is 0 Å². The van der Waals surface area contributed by atoms with E-state index < -0.39 is 0 Å². The molecule has 0 saturated carbocycles. The van der Waals surface area contributed by atoms with Crippen molar-refractivity contribution < 1.29 is 13.9 Å². The Kier molecular flexibility index (Phi) is 7.41. The van der Waals surface area contributed by atoms with Crippen LogP contribution in [0.2, 0.25) is 0 Å². The number of carbonyl (C=O) groups excluding carboxylic acids is 1. The number of nitrogens with zero attached hydrogens (tertiary/aromatic N) is 1. The van der Waals surface area contributed by atoms with Gasteiger partial charge in [-0.15, -0.1) is 0 Å². The van der Waals surface area contributed by atoms with Gasteiger partial charge in [0.05, 0.1) is 6.26 Å². The first-order valence-corrected chi connectivity index (χ1v) is 11.2. The fourth-order valence-corrected chi connectivity index (χ4v) is 4.05. The van der Waals surface area contributed by atoms with E-state index in [-0.39, 0.29) is 12.5 Å². The van der Waals surface area contributed by atoms with Crippen molar-refractivity contribution in [3.05, 3.63) is 78.6 Å². The molecule has 0 radical (unpaired) electrons. The summed E-state index contributed by atoms with van der Waals surface area (Å²) in [4.78, 5) is 13.5. The molecular weight excluding hydrogens is 400 g/mol. The predicted octanol–water partition coefficient (Wildman–Crippen LogP) is 5.04. The minimum absolute atomic E-state index is 0.0276. The van der Waals surface area contributed by atoms with Gasteiger partial charge >= 0.3 is 0 Å². The normalized spacial score (nSPS) is 13.7. The Morgan fingerprint density at radius 3 is 2.66 bits per heavy atom. The molecule has 5 heteroatoms. The van der Waals surface area contributed by atoms with Crippen molar-refractivity contribution in [1.29, 1.82) is 0 Å². The van der Waals surface area contributed by atoms with Crippen LogP contribution in [0.1, 0.15) is 18.4 Å². The van der Waals surface area contributed by atoms with Crippen LogP contribution in [-0.2, 0) is 11.2 Å². The molecule has 1 aliphatic rings. The van der Waals surface area contributed by atoms with Crippen molar-refractivity contribution in [3.8, 4) is 5.75 Å². The van der Waals surface area contributed by atoms with E-state index in [1.165, 1.54) is 55.2 Å². The van der Waals surface area contributed by atoms with Gasteiger partial charge in [-0.25, -0.2) is 0 Å². The molecule has 5 nitrogen and oxygen atoms in total. The molecule has 0 spiro atoms. The number of benzene rings is 3. The Bertz CT molecular complexity index is 1160.